The van der Waals surface area contributed by atoms with Crippen LogP contribution in [0.4, 0.5) is 0 Å². The highest BCUT2D eigenvalue weighted by Crippen LogP contribution is 2.23. The minimum absolute atomic E-state index is 0.136. The van der Waals surface area contributed by atoms with Crippen molar-refractivity contribution in [2.75, 3.05) is 13.2 Å². The fourth-order valence-electron chi connectivity index (χ4n) is 2.68. The summed E-state index contributed by atoms with van der Waals surface area (Å²) in [4.78, 5) is 22.6. The Kier molecular flexibility index (Phi) is 9.80. The summed E-state index contributed by atoms with van der Waals surface area (Å²) in [7, 11) is 0. The monoisotopic (exact) mass is 326 g/mol. The Morgan fingerprint density at radius 3 is 2.65 bits per heavy atom. The Bertz CT molecular complexity index is 402. The van der Waals surface area contributed by atoms with Gasteiger partial charge in [-0.1, -0.05) is 19.3 Å². The molecule has 0 spiro atoms. The van der Waals surface area contributed by atoms with Crippen LogP contribution in [0.25, 0.3) is 0 Å². The Labute approximate surface area is 139 Å². The van der Waals surface area contributed by atoms with E-state index in [-0.39, 0.29) is 24.1 Å². The maximum absolute atomic E-state index is 12.0. The van der Waals surface area contributed by atoms with E-state index in [0.29, 0.717) is 19.6 Å². The maximum atomic E-state index is 12.0. The lowest BCUT2D eigenvalue weighted by Crippen LogP contribution is -2.20. The van der Waals surface area contributed by atoms with Crippen LogP contribution in [-0.4, -0.2) is 37.4 Å². The van der Waals surface area contributed by atoms with Gasteiger partial charge in [-0.25, -0.2) is 0 Å². The van der Waals surface area contributed by atoms with Crippen molar-refractivity contribution in [3.05, 3.63) is 11.6 Å². The van der Waals surface area contributed by atoms with Crippen LogP contribution in [0.2, 0.25) is 0 Å². The number of Topliss-reactive ketones (excluding diaryl/α,β-unsaturated/α-hetero) is 1. The number of rotatable bonds is 12. The number of ketones is 1. The Morgan fingerprint density at radius 2 is 1.96 bits per heavy atom. The van der Waals surface area contributed by atoms with Gasteiger partial charge in [-0.15, -0.1) is 0 Å². The van der Waals surface area contributed by atoms with Gasteiger partial charge in [0.25, 0.3) is 0 Å². The topological polar surface area (TPSA) is 61.8 Å². The summed E-state index contributed by atoms with van der Waals surface area (Å²) in [5.41, 5.74) is 0.901. The van der Waals surface area contributed by atoms with Crippen molar-refractivity contribution in [1.82, 2.24) is 0 Å². The minimum Gasteiger partial charge on any atom is -0.466 e. The number of hydrogen-bond donors (Lipinski definition) is 0. The first-order chi connectivity index (χ1) is 11.0. The molecule has 0 aromatic heterocycles. The van der Waals surface area contributed by atoms with Crippen molar-refractivity contribution >= 4 is 11.8 Å². The zero-order chi connectivity index (χ0) is 17.1. The molecule has 1 unspecified atom stereocenters. The molecule has 0 bridgehead atoms. The second kappa shape index (κ2) is 11.4. The van der Waals surface area contributed by atoms with Crippen LogP contribution < -0.4 is 0 Å². The zero-order valence-corrected chi connectivity index (χ0v) is 14.6. The van der Waals surface area contributed by atoms with E-state index < -0.39 is 0 Å². The highest BCUT2D eigenvalue weighted by atomic mass is 16.7. The Balaban J connectivity index is 2.11. The molecule has 1 aliphatic carbocycles. The molecule has 0 saturated carbocycles. The number of allylic oxidation sites excluding steroid dienone is 1. The lowest BCUT2D eigenvalue weighted by molar-refractivity contribution is -0.148. The van der Waals surface area contributed by atoms with Crippen molar-refractivity contribution in [2.24, 2.45) is 0 Å². The van der Waals surface area contributed by atoms with Crippen LogP contribution in [-0.2, 0) is 23.8 Å². The van der Waals surface area contributed by atoms with E-state index >= 15 is 0 Å². The molecule has 1 aliphatic rings. The molecule has 132 valence electrons. The van der Waals surface area contributed by atoms with Gasteiger partial charge in [-0.05, 0) is 44.8 Å². The summed E-state index contributed by atoms with van der Waals surface area (Å²) in [5.74, 6) is -0.0133. The molecule has 0 N–H and O–H groups in total. The summed E-state index contributed by atoms with van der Waals surface area (Å²) in [6.45, 7) is 6.33. The van der Waals surface area contributed by atoms with Gasteiger partial charge >= 0.3 is 5.97 Å². The third-order valence-corrected chi connectivity index (χ3v) is 3.80. The molecule has 0 aromatic carbocycles. The summed E-state index contributed by atoms with van der Waals surface area (Å²) >= 11 is 0. The number of unbranched alkanes of at least 4 members (excludes halogenated alkanes) is 4. The van der Waals surface area contributed by atoms with E-state index in [1.807, 2.05) is 19.9 Å². The van der Waals surface area contributed by atoms with E-state index in [4.69, 9.17) is 14.2 Å². The van der Waals surface area contributed by atoms with E-state index in [1.54, 1.807) is 0 Å². The average molecular weight is 326 g/mol. The zero-order valence-electron chi connectivity index (χ0n) is 14.6. The third kappa shape index (κ3) is 8.86. The van der Waals surface area contributed by atoms with E-state index in [2.05, 4.69) is 0 Å². The average Bonchev–Trinajstić information content (AvgIpc) is 2.81. The molecule has 2 atom stereocenters. The molecule has 0 saturated heterocycles. The summed E-state index contributed by atoms with van der Waals surface area (Å²) in [6.07, 6.45) is 7.98. The number of ether oxygens (including phenoxy) is 3. The predicted octanol–water partition coefficient (Wildman–Crippen LogP) is 3.56. The number of carbonyl (C=O) groups is 2. The van der Waals surface area contributed by atoms with Crippen molar-refractivity contribution in [3.63, 3.8) is 0 Å². The molecular formula is C18H30O5. The third-order valence-electron chi connectivity index (χ3n) is 3.80. The quantitative estimate of drug-likeness (QED) is 0.312. The summed E-state index contributed by atoms with van der Waals surface area (Å²) in [6, 6.07) is 0. The van der Waals surface area contributed by atoms with Crippen molar-refractivity contribution in [1.29, 1.82) is 0 Å². The van der Waals surface area contributed by atoms with Crippen LogP contribution in [0.1, 0.15) is 65.7 Å². The molecule has 0 aliphatic heterocycles. The van der Waals surface area contributed by atoms with Crippen molar-refractivity contribution in [3.8, 4) is 0 Å². The fourth-order valence-corrected chi connectivity index (χ4v) is 2.68. The fraction of sp³-hybridized carbons (Fsp3) is 0.778. The Hall–Kier alpha value is -1.20. The first kappa shape index (κ1) is 19.8. The van der Waals surface area contributed by atoms with Gasteiger partial charge in [0.15, 0.2) is 12.1 Å². The molecule has 1 rings (SSSR count). The van der Waals surface area contributed by atoms with E-state index in [1.165, 1.54) is 6.92 Å². The lowest BCUT2D eigenvalue weighted by atomic mass is 10.0. The summed E-state index contributed by atoms with van der Waals surface area (Å²) < 4.78 is 15.9. The van der Waals surface area contributed by atoms with Crippen LogP contribution >= 0.6 is 0 Å². The van der Waals surface area contributed by atoms with Crippen LogP contribution in [0.15, 0.2) is 11.6 Å². The van der Waals surface area contributed by atoms with Gasteiger partial charge in [0.1, 0.15) is 0 Å². The molecule has 0 amide bonds. The highest BCUT2D eigenvalue weighted by Gasteiger charge is 2.25. The van der Waals surface area contributed by atoms with Crippen molar-refractivity contribution in [2.45, 2.75) is 78.1 Å². The van der Waals surface area contributed by atoms with E-state index in [0.717, 1.165) is 44.1 Å². The molecule has 0 aromatic rings. The van der Waals surface area contributed by atoms with Gasteiger partial charge in [0.05, 0.1) is 12.7 Å². The molecule has 0 heterocycles. The predicted molar refractivity (Wildman–Crippen MR) is 88.0 cm³/mol. The normalized spacial score (nSPS) is 18.8. The molecule has 23 heavy (non-hydrogen) atoms. The largest absolute Gasteiger partial charge is 0.466 e. The molecule has 5 heteroatoms. The van der Waals surface area contributed by atoms with Gasteiger partial charge in [-0.2, -0.15) is 0 Å². The number of esters is 1. The van der Waals surface area contributed by atoms with Crippen LogP contribution in [0, 0.1) is 0 Å². The van der Waals surface area contributed by atoms with Gasteiger partial charge < -0.3 is 14.2 Å². The molecular weight excluding hydrogens is 296 g/mol. The molecule has 0 radical (unpaired) electrons. The summed E-state index contributed by atoms with van der Waals surface area (Å²) in [5, 5.41) is 0. The van der Waals surface area contributed by atoms with Gasteiger partial charge in [0, 0.05) is 20.0 Å². The first-order valence-electron chi connectivity index (χ1n) is 8.67. The van der Waals surface area contributed by atoms with Gasteiger partial charge in [-0.3, -0.25) is 9.59 Å². The van der Waals surface area contributed by atoms with Gasteiger partial charge in [0.2, 0.25) is 0 Å². The SMILES string of the molecule is CCOC(C)O[C@H]1C=C(CCCCCCCOC(C)=O)C(=O)C1. The molecule has 0 fully saturated rings. The van der Waals surface area contributed by atoms with Crippen LogP contribution in [0.5, 0.6) is 0 Å². The highest BCUT2D eigenvalue weighted by molar-refractivity contribution is 5.98. The number of hydrogen-bond acceptors (Lipinski definition) is 5. The minimum atomic E-state index is -0.273. The van der Waals surface area contributed by atoms with Crippen molar-refractivity contribution < 1.29 is 23.8 Å². The van der Waals surface area contributed by atoms with E-state index in [9.17, 15) is 9.59 Å². The number of carbonyl (C=O) groups excluding carboxylic acids is 2. The molecule has 5 nitrogen and oxygen atoms in total. The smallest absolute Gasteiger partial charge is 0.302 e. The maximum Gasteiger partial charge on any atom is 0.302 e. The lowest BCUT2D eigenvalue weighted by Gasteiger charge is -2.16. The second-order valence-corrected chi connectivity index (χ2v) is 5.87. The van der Waals surface area contributed by atoms with Crippen LogP contribution in [0.3, 0.4) is 0 Å². The Morgan fingerprint density at radius 1 is 1.26 bits per heavy atom. The second-order valence-electron chi connectivity index (χ2n) is 5.87. The first-order valence-corrected chi connectivity index (χ1v) is 8.67. The standard InChI is InChI=1S/C18H30O5/c1-4-21-15(3)23-17-12-16(18(20)13-17)10-8-6-5-7-9-11-22-14(2)19/h12,15,17H,4-11,13H2,1-3H3/t15?,17-/m0/s1.